The van der Waals surface area contributed by atoms with Crippen LogP contribution in [0.15, 0.2) is 17.5 Å². The van der Waals surface area contributed by atoms with Gasteiger partial charge in [-0.05, 0) is 40.1 Å². The molecule has 1 heterocycles. The first-order chi connectivity index (χ1) is 6.24. The summed E-state index contributed by atoms with van der Waals surface area (Å²) < 4.78 is 2.07. The highest BCUT2D eigenvalue weighted by Crippen LogP contribution is 2.31. The molecular formula is C9H5IN2S. The number of rotatable bonds is 0. The summed E-state index contributed by atoms with van der Waals surface area (Å²) in [4.78, 5) is 0. The molecular weight excluding hydrogens is 295 g/mol. The monoisotopic (exact) mass is 300 g/mol. The van der Waals surface area contributed by atoms with E-state index < -0.39 is 0 Å². The van der Waals surface area contributed by atoms with Crippen LogP contribution in [-0.2, 0) is 0 Å². The minimum absolute atomic E-state index is 0.592. The molecule has 0 spiro atoms. The van der Waals surface area contributed by atoms with E-state index in [1.807, 2.05) is 17.5 Å². The second kappa shape index (κ2) is 3.16. The number of thiophene rings is 1. The fraction of sp³-hybridized carbons (Fsp3) is 0. The van der Waals surface area contributed by atoms with E-state index >= 15 is 0 Å². The fourth-order valence-corrected chi connectivity index (χ4v) is 2.84. The van der Waals surface area contributed by atoms with Crippen molar-refractivity contribution in [3.63, 3.8) is 0 Å². The Morgan fingerprint density at radius 2 is 2.31 bits per heavy atom. The van der Waals surface area contributed by atoms with Crippen LogP contribution in [-0.4, -0.2) is 0 Å². The summed E-state index contributed by atoms with van der Waals surface area (Å²) in [7, 11) is 0. The number of hydrogen-bond acceptors (Lipinski definition) is 3. The molecule has 0 aliphatic heterocycles. The molecule has 0 fully saturated rings. The Morgan fingerprint density at radius 3 is 3.00 bits per heavy atom. The molecule has 2 rings (SSSR count). The summed E-state index contributed by atoms with van der Waals surface area (Å²) in [6.07, 6.45) is 0. The lowest BCUT2D eigenvalue weighted by Crippen LogP contribution is -1.93. The van der Waals surface area contributed by atoms with E-state index in [0.29, 0.717) is 11.3 Å². The van der Waals surface area contributed by atoms with Crippen LogP contribution in [0.2, 0.25) is 0 Å². The van der Waals surface area contributed by atoms with Crippen molar-refractivity contribution in [1.82, 2.24) is 0 Å². The van der Waals surface area contributed by atoms with Crippen LogP contribution in [0.3, 0.4) is 0 Å². The Kier molecular flexibility index (Phi) is 2.14. The third-order valence-electron chi connectivity index (χ3n) is 1.86. The van der Waals surface area contributed by atoms with Gasteiger partial charge in [0.25, 0.3) is 0 Å². The second-order valence-electron chi connectivity index (χ2n) is 2.59. The van der Waals surface area contributed by atoms with Crippen molar-refractivity contribution >= 4 is 49.7 Å². The smallest absolute Gasteiger partial charge is 0.102 e. The Hall–Kier alpha value is -0.800. The number of hydrogen-bond donors (Lipinski definition) is 1. The van der Waals surface area contributed by atoms with Gasteiger partial charge in [-0.1, -0.05) is 0 Å². The fourth-order valence-electron chi connectivity index (χ4n) is 1.22. The molecule has 1 aromatic heterocycles. The van der Waals surface area contributed by atoms with Crippen LogP contribution in [0, 0.1) is 14.9 Å². The largest absolute Gasteiger partial charge is 0.397 e. The molecule has 0 saturated carbocycles. The predicted molar refractivity (Wildman–Crippen MR) is 63.7 cm³/mol. The average molecular weight is 300 g/mol. The standard InChI is InChI=1S/C9H5IN2S/c10-7-3-8-5(1-2-13-8)6(4-11)9(7)12/h1-3H,12H2. The molecule has 2 nitrogen and oxygen atoms in total. The zero-order chi connectivity index (χ0) is 9.42. The van der Waals surface area contributed by atoms with Crippen molar-refractivity contribution in [2.75, 3.05) is 5.73 Å². The summed E-state index contributed by atoms with van der Waals surface area (Å²) in [5.41, 5.74) is 6.98. The van der Waals surface area contributed by atoms with Crippen LogP contribution >= 0.6 is 33.9 Å². The normalized spacial score (nSPS) is 10.2. The molecule has 2 aromatic rings. The van der Waals surface area contributed by atoms with Crippen molar-refractivity contribution in [2.45, 2.75) is 0 Å². The number of benzene rings is 1. The number of fused-ring (bicyclic) bond motifs is 1. The van der Waals surface area contributed by atoms with E-state index in [0.717, 1.165) is 13.7 Å². The summed E-state index contributed by atoms with van der Waals surface area (Å²) in [6, 6.07) is 6.09. The van der Waals surface area contributed by atoms with Crippen molar-refractivity contribution in [1.29, 1.82) is 5.26 Å². The molecule has 0 saturated heterocycles. The maximum Gasteiger partial charge on any atom is 0.102 e. The Balaban J connectivity index is 2.98. The summed E-state index contributed by atoms with van der Waals surface area (Å²) in [6.45, 7) is 0. The zero-order valence-electron chi connectivity index (χ0n) is 6.54. The third-order valence-corrected chi connectivity index (χ3v) is 3.62. The lowest BCUT2D eigenvalue weighted by atomic mass is 10.1. The quantitative estimate of drug-likeness (QED) is 0.600. The number of nitrogens with zero attached hydrogens (tertiary/aromatic N) is 1. The number of anilines is 1. The van der Waals surface area contributed by atoms with Crippen LogP contribution in [0.5, 0.6) is 0 Å². The van der Waals surface area contributed by atoms with Gasteiger partial charge in [0.05, 0.1) is 11.3 Å². The first-order valence-corrected chi connectivity index (χ1v) is 5.55. The van der Waals surface area contributed by atoms with Gasteiger partial charge in [-0.2, -0.15) is 5.26 Å². The van der Waals surface area contributed by atoms with Gasteiger partial charge < -0.3 is 5.73 Å². The summed E-state index contributed by atoms with van der Waals surface area (Å²) in [5, 5.41) is 11.9. The number of nitrogens with two attached hydrogens (primary N) is 1. The molecule has 4 heteroatoms. The lowest BCUT2D eigenvalue weighted by Gasteiger charge is -2.01. The third kappa shape index (κ3) is 1.28. The molecule has 0 unspecified atom stereocenters. The molecule has 0 bridgehead atoms. The number of nitrogen functional groups attached to an aromatic ring is 1. The molecule has 0 radical (unpaired) electrons. The molecule has 0 aliphatic carbocycles. The van der Waals surface area contributed by atoms with Gasteiger partial charge in [-0.15, -0.1) is 11.3 Å². The average Bonchev–Trinajstić information content (AvgIpc) is 2.54. The van der Waals surface area contributed by atoms with E-state index in [1.165, 1.54) is 0 Å². The van der Waals surface area contributed by atoms with Gasteiger partial charge in [0.2, 0.25) is 0 Å². The zero-order valence-corrected chi connectivity index (χ0v) is 9.52. The molecule has 1 aromatic carbocycles. The highest BCUT2D eigenvalue weighted by molar-refractivity contribution is 14.1. The van der Waals surface area contributed by atoms with Crippen LogP contribution < -0.4 is 5.73 Å². The predicted octanol–water partition coefficient (Wildman–Crippen LogP) is 2.96. The minimum Gasteiger partial charge on any atom is -0.397 e. The van der Waals surface area contributed by atoms with E-state index in [4.69, 9.17) is 11.0 Å². The first kappa shape index (κ1) is 8.78. The highest BCUT2D eigenvalue weighted by atomic mass is 127. The number of halogens is 1. The van der Waals surface area contributed by atoms with Crippen molar-refractivity contribution < 1.29 is 0 Å². The molecule has 0 atom stereocenters. The Bertz CT molecular complexity index is 510. The van der Waals surface area contributed by atoms with Gasteiger partial charge in [0, 0.05) is 13.7 Å². The van der Waals surface area contributed by atoms with Gasteiger partial charge >= 0.3 is 0 Å². The molecule has 64 valence electrons. The van der Waals surface area contributed by atoms with Crippen LogP contribution in [0.25, 0.3) is 10.1 Å². The van der Waals surface area contributed by atoms with Gasteiger partial charge in [0.1, 0.15) is 6.07 Å². The van der Waals surface area contributed by atoms with Gasteiger partial charge in [-0.3, -0.25) is 0 Å². The minimum atomic E-state index is 0.592. The highest BCUT2D eigenvalue weighted by Gasteiger charge is 2.09. The van der Waals surface area contributed by atoms with Crippen LogP contribution in [0.4, 0.5) is 5.69 Å². The maximum atomic E-state index is 8.93. The van der Waals surface area contributed by atoms with Gasteiger partial charge in [0.15, 0.2) is 0 Å². The first-order valence-electron chi connectivity index (χ1n) is 3.59. The van der Waals surface area contributed by atoms with E-state index in [-0.39, 0.29) is 0 Å². The molecule has 0 aliphatic rings. The van der Waals surface area contributed by atoms with Crippen LogP contribution in [0.1, 0.15) is 5.56 Å². The summed E-state index contributed by atoms with van der Waals surface area (Å²) >= 11 is 3.78. The lowest BCUT2D eigenvalue weighted by molar-refractivity contribution is 1.50. The molecule has 2 N–H and O–H groups in total. The van der Waals surface area contributed by atoms with Crippen molar-refractivity contribution in [3.8, 4) is 6.07 Å². The Labute approximate surface area is 93.1 Å². The van der Waals surface area contributed by atoms with E-state index in [1.54, 1.807) is 11.3 Å². The topological polar surface area (TPSA) is 49.8 Å². The molecule has 0 amide bonds. The summed E-state index contributed by atoms with van der Waals surface area (Å²) in [5.74, 6) is 0. The van der Waals surface area contributed by atoms with Crippen molar-refractivity contribution in [2.24, 2.45) is 0 Å². The maximum absolute atomic E-state index is 8.93. The van der Waals surface area contributed by atoms with Gasteiger partial charge in [-0.25, -0.2) is 0 Å². The van der Waals surface area contributed by atoms with E-state index in [9.17, 15) is 0 Å². The van der Waals surface area contributed by atoms with E-state index in [2.05, 4.69) is 28.7 Å². The molecule has 13 heavy (non-hydrogen) atoms. The SMILES string of the molecule is N#Cc1c(N)c(I)cc2sccc12. The Morgan fingerprint density at radius 1 is 1.54 bits per heavy atom. The van der Waals surface area contributed by atoms with Crippen molar-refractivity contribution in [3.05, 3.63) is 26.6 Å². The number of nitriles is 1. The second-order valence-corrected chi connectivity index (χ2v) is 4.70.